The number of nitrogens with one attached hydrogen (secondary N) is 1. The standard InChI is InChI=1S/C16H24N2O2/c1-3-7-16(8-9-17-12-16)15(20)18(2)11-13-5-4-6-14(19)10-13/h4-6,10,17,19H,3,7-9,11-12H2,1-2H3. The second kappa shape index (κ2) is 6.27. The Morgan fingerprint density at radius 1 is 1.50 bits per heavy atom. The first-order valence-electron chi connectivity index (χ1n) is 7.31. The molecule has 1 aliphatic rings. The Bertz CT molecular complexity index is 467. The van der Waals surface area contributed by atoms with E-state index in [4.69, 9.17) is 0 Å². The summed E-state index contributed by atoms with van der Waals surface area (Å²) in [6.45, 7) is 4.37. The van der Waals surface area contributed by atoms with Crippen LogP contribution < -0.4 is 5.32 Å². The van der Waals surface area contributed by atoms with Gasteiger partial charge in [-0.25, -0.2) is 0 Å². The van der Waals surface area contributed by atoms with Gasteiger partial charge in [-0.1, -0.05) is 25.5 Å². The third-order valence-electron chi connectivity index (χ3n) is 4.10. The van der Waals surface area contributed by atoms with Gasteiger partial charge in [0.05, 0.1) is 5.41 Å². The fourth-order valence-corrected chi connectivity index (χ4v) is 3.13. The van der Waals surface area contributed by atoms with E-state index < -0.39 is 0 Å². The van der Waals surface area contributed by atoms with Gasteiger partial charge in [-0.3, -0.25) is 4.79 Å². The van der Waals surface area contributed by atoms with Gasteiger partial charge in [-0.15, -0.1) is 0 Å². The van der Waals surface area contributed by atoms with E-state index in [2.05, 4.69) is 12.2 Å². The molecule has 2 rings (SSSR count). The van der Waals surface area contributed by atoms with Crippen molar-refractivity contribution in [1.82, 2.24) is 10.2 Å². The number of hydrogen-bond acceptors (Lipinski definition) is 3. The molecule has 1 amide bonds. The number of phenols is 1. The fraction of sp³-hybridized carbons (Fsp3) is 0.562. The quantitative estimate of drug-likeness (QED) is 0.866. The highest BCUT2D eigenvalue weighted by Gasteiger charge is 2.41. The molecular weight excluding hydrogens is 252 g/mol. The Morgan fingerprint density at radius 3 is 2.90 bits per heavy atom. The van der Waals surface area contributed by atoms with E-state index in [9.17, 15) is 9.90 Å². The summed E-state index contributed by atoms with van der Waals surface area (Å²) in [5.74, 6) is 0.460. The molecule has 1 unspecified atom stereocenters. The van der Waals surface area contributed by atoms with Crippen molar-refractivity contribution < 1.29 is 9.90 Å². The molecule has 4 heteroatoms. The van der Waals surface area contributed by atoms with E-state index in [0.29, 0.717) is 6.54 Å². The zero-order valence-corrected chi connectivity index (χ0v) is 12.4. The Hall–Kier alpha value is -1.55. The number of phenolic OH excluding ortho intramolecular Hbond substituents is 1. The topological polar surface area (TPSA) is 52.6 Å². The van der Waals surface area contributed by atoms with Crippen LogP contribution >= 0.6 is 0 Å². The van der Waals surface area contributed by atoms with Gasteiger partial charge in [0, 0.05) is 20.1 Å². The zero-order chi connectivity index (χ0) is 14.6. The summed E-state index contributed by atoms with van der Waals surface area (Å²) < 4.78 is 0. The van der Waals surface area contributed by atoms with Crippen LogP contribution in [0.5, 0.6) is 5.75 Å². The molecule has 1 atom stereocenters. The van der Waals surface area contributed by atoms with Crippen LogP contribution in [0.1, 0.15) is 31.7 Å². The first kappa shape index (κ1) is 14.9. The van der Waals surface area contributed by atoms with Crippen LogP contribution in [0.3, 0.4) is 0 Å². The SMILES string of the molecule is CCCC1(C(=O)N(C)Cc2cccc(O)c2)CCNC1. The van der Waals surface area contributed by atoms with Crippen LogP contribution in [0.25, 0.3) is 0 Å². The second-order valence-corrected chi connectivity index (χ2v) is 5.79. The van der Waals surface area contributed by atoms with Gasteiger partial charge in [0.25, 0.3) is 0 Å². The second-order valence-electron chi connectivity index (χ2n) is 5.79. The molecule has 0 radical (unpaired) electrons. The van der Waals surface area contributed by atoms with E-state index in [1.54, 1.807) is 17.0 Å². The average molecular weight is 276 g/mol. The molecular formula is C16H24N2O2. The highest BCUT2D eigenvalue weighted by Crippen LogP contribution is 2.33. The Labute approximate surface area is 120 Å². The van der Waals surface area contributed by atoms with Crippen molar-refractivity contribution in [3.8, 4) is 5.75 Å². The van der Waals surface area contributed by atoms with Crippen LogP contribution in [0.4, 0.5) is 0 Å². The minimum atomic E-state index is -0.236. The van der Waals surface area contributed by atoms with Crippen molar-refractivity contribution in [2.24, 2.45) is 5.41 Å². The molecule has 0 aliphatic carbocycles. The summed E-state index contributed by atoms with van der Waals surface area (Å²) in [6, 6.07) is 7.10. The Kier molecular flexibility index (Phi) is 4.65. The smallest absolute Gasteiger partial charge is 0.230 e. The third kappa shape index (κ3) is 3.12. The number of aromatic hydroxyl groups is 1. The molecule has 1 heterocycles. The predicted octanol–water partition coefficient (Wildman–Crippen LogP) is 2.13. The molecule has 4 nitrogen and oxygen atoms in total. The summed E-state index contributed by atoms with van der Waals surface area (Å²) in [7, 11) is 1.85. The minimum absolute atomic E-state index is 0.215. The van der Waals surface area contributed by atoms with Crippen LogP contribution in [-0.2, 0) is 11.3 Å². The number of nitrogens with zero attached hydrogens (tertiary/aromatic N) is 1. The maximum absolute atomic E-state index is 12.8. The largest absolute Gasteiger partial charge is 0.508 e. The molecule has 20 heavy (non-hydrogen) atoms. The van der Waals surface area contributed by atoms with E-state index in [0.717, 1.165) is 37.9 Å². The van der Waals surface area contributed by atoms with E-state index in [1.165, 1.54) is 0 Å². The molecule has 1 fully saturated rings. The number of rotatable bonds is 5. The van der Waals surface area contributed by atoms with Gasteiger partial charge < -0.3 is 15.3 Å². The first-order chi connectivity index (χ1) is 9.57. The van der Waals surface area contributed by atoms with Gasteiger partial charge in [0.1, 0.15) is 5.75 Å². The highest BCUT2D eigenvalue weighted by atomic mass is 16.3. The van der Waals surface area contributed by atoms with Crippen LogP contribution in [0.15, 0.2) is 24.3 Å². The summed E-state index contributed by atoms with van der Waals surface area (Å²) in [5.41, 5.74) is 0.721. The number of carbonyl (C=O) groups is 1. The van der Waals surface area contributed by atoms with Crippen molar-refractivity contribution in [1.29, 1.82) is 0 Å². The minimum Gasteiger partial charge on any atom is -0.508 e. The number of carbonyl (C=O) groups excluding carboxylic acids is 1. The third-order valence-corrected chi connectivity index (χ3v) is 4.10. The zero-order valence-electron chi connectivity index (χ0n) is 12.4. The summed E-state index contributed by atoms with van der Waals surface area (Å²) in [4.78, 5) is 14.6. The molecule has 0 spiro atoms. The maximum atomic E-state index is 12.8. The average Bonchev–Trinajstić information content (AvgIpc) is 2.88. The molecule has 1 saturated heterocycles. The van der Waals surface area contributed by atoms with E-state index in [-0.39, 0.29) is 17.1 Å². The van der Waals surface area contributed by atoms with Crippen molar-refractivity contribution in [3.05, 3.63) is 29.8 Å². The molecule has 1 aromatic carbocycles. The Morgan fingerprint density at radius 2 is 2.30 bits per heavy atom. The van der Waals surface area contributed by atoms with Gasteiger partial charge in [-0.2, -0.15) is 0 Å². The van der Waals surface area contributed by atoms with Crippen molar-refractivity contribution in [2.45, 2.75) is 32.7 Å². The maximum Gasteiger partial charge on any atom is 0.230 e. The summed E-state index contributed by atoms with van der Waals surface area (Å²) in [5, 5.41) is 12.8. The van der Waals surface area contributed by atoms with E-state index in [1.807, 2.05) is 19.2 Å². The predicted molar refractivity (Wildman–Crippen MR) is 79.4 cm³/mol. The number of hydrogen-bond donors (Lipinski definition) is 2. The molecule has 0 bridgehead atoms. The molecule has 1 aromatic rings. The van der Waals surface area contributed by atoms with Crippen LogP contribution in [0.2, 0.25) is 0 Å². The van der Waals surface area contributed by atoms with Gasteiger partial charge >= 0.3 is 0 Å². The van der Waals surface area contributed by atoms with Crippen molar-refractivity contribution >= 4 is 5.91 Å². The number of amides is 1. The monoisotopic (exact) mass is 276 g/mol. The molecule has 0 saturated carbocycles. The summed E-state index contributed by atoms with van der Waals surface area (Å²) >= 11 is 0. The van der Waals surface area contributed by atoms with Gasteiger partial charge in [0.2, 0.25) is 5.91 Å². The lowest BCUT2D eigenvalue weighted by Crippen LogP contribution is -2.43. The lowest BCUT2D eigenvalue weighted by atomic mass is 9.81. The lowest BCUT2D eigenvalue weighted by Gasteiger charge is -2.31. The molecule has 110 valence electrons. The van der Waals surface area contributed by atoms with Crippen LogP contribution in [-0.4, -0.2) is 36.1 Å². The lowest BCUT2D eigenvalue weighted by molar-refractivity contribution is -0.140. The van der Waals surface area contributed by atoms with Crippen molar-refractivity contribution in [3.63, 3.8) is 0 Å². The van der Waals surface area contributed by atoms with Crippen molar-refractivity contribution in [2.75, 3.05) is 20.1 Å². The molecule has 0 aromatic heterocycles. The van der Waals surface area contributed by atoms with Gasteiger partial charge in [-0.05, 0) is 37.1 Å². The first-order valence-corrected chi connectivity index (χ1v) is 7.31. The molecule has 2 N–H and O–H groups in total. The summed E-state index contributed by atoms with van der Waals surface area (Å²) in [6.07, 6.45) is 2.88. The normalized spacial score (nSPS) is 21.9. The Balaban J connectivity index is 2.07. The fourth-order valence-electron chi connectivity index (χ4n) is 3.13. The van der Waals surface area contributed by atoms with Gasteiger partial charge in [0.15, 0.2) is 0 Å². The molecule has 1 aliphatic heterocycles. The number of benzene rings is 1. The van der Waals surface area contributed by atoms with Crippen LogP contribution in [0, 0.1) is 5.41 Å². The highest BCUT2D eigenvalue weighted by molar-refractivity contribution is 5.83. The van der Waals surface area contributed by atoms with E-state index >= 15 is 0 Å².